The van der Waals surface area contributed by atoms with Gasteiger partial charge in [0.15, 0.2) is 0 Å². The molecule has 24 heavy (non-hydrogen) atoms. The Morgan fingerprint density at radius 3 is 2.71 bits per heavy atom. The minimum atomic E-state index is -0.707. The van der Waals surface area contributed by atoms with Crippen molar-refractivity contribution in [1.29, 1.82) is 0 Å². The number of carbonyl (C=O) groups is 2. The van der Waals surface area contributed by atoms with Crippen LogP contribution in [0, 0.1) is 5.82 Å². The molecule has 1 aromatic heterocycles. The number of amides is 1. The lowest BCUT2D eigenvalue weighted by Gasteiger charge is -2.15. The second-order valence-corrected chi connectivity index (χ2v) is 5.82. The lowest BCUT2D eigenvalue weighted by molar-refractivity contribution is -0.142. The number of nitrogens with zero attached hydrogens (tertiary/aromatic N) is 1. The van der Waals surface area contributed by atoms with Crippen LogP contribution in [0.1, 0.15) is 46.4 Å². The van der Waals surface area contributed by atoms with Crippen LogP contribution < -0.4 is 5.32 Å². The number of halogens is 1. The number of H-pyrrole nitrogens is 1. The van der Waals surface area contributed by atoms with Gasteiger partial charge in [0.25, 0.3) is 5.91 Å². The Hall–Kier alpha value is -2.70. The molecule has 0 bridgehead atoms. The zero-order valence-electron chi connectivity index (χ0n) is 13.2. The first-order chi connectivity index (χ1) is 11.6. The van der Waals surface area contributed by atoms with Crippen LogP contribution in [0.25, 0.3) is 0 Å². The Kier molecular flexibility index (Phi) is 4.59. The van der Waals surface area contributed by atoms with Gasteiger partial charge in [-0.2, -0.15) is 5.10 Å². The molecule has 0 spiro atoms. The van der Waals surface area contributed by atoms with Gasteiger partial charge in [-0.25, -0.2) is 4.39 Å². The molecule has 1 aliphatic carbocycles. The third-order valence-corrected chi connectivity index (χ3v) is 4.07. The summed E-state index contributed by atoms with van der Waals surface area (Å²) < 4.78 is 17.8. The van der Waals surface area contributed by atoms with E-state index in [0.29, 0.717) is 17.2 Å². The smallest absolute Gasteiger partial charge is 0.314 e. The molecule has 1 aliphatic rings. The standard InChI is InChI=1S/C17H18FN3O3/c1-24-17(23)13(10-4-6-12(18)7-5-10)9-19-16(22)15-8-14(20-21-15)11-2-3-11/h4-8,11,13H,2-3,9H2,1H3,(H,19,22)(H,20,21)/t13-/m0/s1. The fourth-order valence-electron chi connectivity index (χ4n) is 2.52. The van der Waals surface area contributed by atoms with E-state index >= 15 is 0 Å². The molecule has 6 nitrogen and oxygen atoms in total. The molecule has 0 saturated heterocycles. The molecule has 1 amide bonds. The molecule has 3 rings (SSSR count). The van der Waals surface area contributed by atoms with E-state index in [2.05, 4.69) is 15.5 Å². The van der Waals surface area contributed by atoms with E-state index in [0.717, 1.165) is 18.5 Å². The van der Waals surface area contributed by atoms with Crippen LogP contribution in [0.4, 0.5) is 4.39 Å². The molecule has 2 N–H and O–H groups in total. The summed E-state index contributed by atoms with van der Waals surface area (Å²) in [5.41, 5.74) is 1.83. The highest BCUT2D eigenvalue weighted by atomic mass is 19.1. The number of benzene rings is 1. The zero-order chi connectivity index (χ0) is 17.1. The minimum absolute atomic E-state index is 0.0444. The van der Waals surface area contributed by atoms with Crippen molar-refractivity contribution in [2.45, 2.75) is 24.7 Å². The first kappa shape index (κ1) is 16.2. The Morgan fingerprint density at radius 1 is 1.38 bits per heavy atom. The highest BCUT2D eigenvalue weighted by Gasteiger charge is 2.27. The lowest BCUT2D eigenvalue weighted by Crippen LogP contribution is -2.32. The van der Waals surface area contributed by atoms with Crippen molar-refractivity contribution in [2.24, 2.45) is 0 Å². The van der Waals surface area contributed by atoms with Gasteiger partial charge in [-0.1, -0.05) is 12.1 Å². The van der Waals surface area contributed by atoms with Gasteiger partial charge in [-0.05, 0) is 36.6 Å². The van der Waals surface area contributed by atoms with E-state index in [-0.39, 0.29) is 12.5 Å². The van der Waals surface area contributed by atoms with E-state index in [1.54, 1.807) is 6.07 Å². The molecular formula is C17H18FN3O3. The van der Waals surface area contributed by atoms with Crippen molar-refractivity contribution in [3.05, 3.63) is 53.1 Å². The number of carbonyl (C=O) groups excluding carboxylic acids is 2. The third-order valence-electron chi connectivity index (χ3n) is 4.07. The quantitative estimate of drug-likeness (QED) is 0.794. The van der Waals surface area contributed by atoms with Crippen molar-refractivity contribution < 1.29 is 18.7 Å². The zero-order valence-corrected chi connectivity index (χ0v) is 13.2. The van der Waals surface area contributed by atoms with Crippen LogP contribution in [-0.2, 0) is 9.53 Å². The van der Waals surface area contributed by atoms with Crippen LogP contribution in [0.15, 0.2) is 30.3 Å². The summed E-state index contributed by atoms with van der Waals surface area (Å²) in [6.07, 6.45) is 2.22. The molecule has 0 aliphatic heterocycles. The van der Waals surface area contributed by atoms with Gasteiger partial charge in [0, 0.05) is 18.2 Å². The maximum Gasteiger partial charge on any atom is 0.314 e. The highest BCUT2D eigenvalue weighted by Crippen LogP contribution is 2.38. The van der Waals surface area contributed by atoms with Crippen LogP contribution in [0.2, 0.25) is 0 Å². The van der Waals surface area contributed by atoms with Gasteiger partial charge in [0.2, 0.25) is 0 Å². The molecule has 1 saturated carbocycles. The number of ether oxygens (including phenoxy) is 1. The minimum Gasteiger partial charge on any atom is -0.468 e. The van der Waals surface area contributed by atoms with Crippen molar-refractivity contribution >= 4 is 11.9 Å². The Balaban J connectivity index is 1.66. The van der Waals surface area contributed by atoms with Crippen LogP contribution >= 0.6 is 0 Å². The van der Waals surface area contributed by atoms with E-state index in [1.165, 1.54) is 31.4 Å². The fraction of sp³-hybridized carbons (Fsp3) is 0.353. The normalized spacial score (nSPS) is 14.9. The monoisotopic (exact) mass is 331 g/mol. The summed E-state index contributed by atoms with van der Waals surface area (Å²) in [6.45, 7) is 0.0444. The van der Waals surface area contributed by atoms with Gasteiger partial charge in [0.05, 0.1) is 13.0 Å². The summed E-state index contributed by atoms with van der Waals surface area (Å²) in [5.74, 6) is -1.49. The number of methoxy groups -OCH3 is 1. The highest BCUT2D eigenvalue weighted by molar-refractivity contribution is 5.93. The van der Waals surface area contributed by atoms with E-state index in [4.69, 9.17) is 4.74 Å². The molecule has 1 heterocycles. The molecule has 0 unspecified atom stereocenters. The number of rotatable bonds is 6. The molecule has 1 atom stereocenters. The summed E-state index contributed by atoms with van der Waals surface area (Å²) in [6, 6.07) is 7.27. The van der Waals surface area contributed by atoms with Crippen molar-refractivity contribution in [1.82, 2.24) is 15.5 Å². The van der Waals surface area contributed by atoms with Crippen molar-refractivity contribution in [3.63, 3.8) is 0 Å². The summed E-state index contributed by atoms with van der Waals surface area (Å²) in [4.78, 5) is 24.2. The van der Waals surface area contributed by atoms with Crippen LogP contribution in [-0.4, -0.2) is 35.7 Å². The summed E-state index contributed by atoms with van der Waals surface area (Å²) in [7, 11) is 1.27. The molecular weight excluding hydrogens is 313 g/mol. The van der Waals surface area contributed by atoms with Gasteiger partial charge < -0.3 is 10.1 Å². The summed E-state index contributed by atoms with van der Waals surface area (Å²) >= 11 is 0. The average molecular weight is 331 g/mol. The SMILES string of the molecule is COC(=O)[C@@H](CNC(=O)c1cc(C2CC2)[nH]n1)c1ccc(F)cc1. The number of aromatic nitrogens is 2. The molecule has 1 fully saturated rings. The molecule has 7 heteroatoms. The lowest BCUT2D eigenvalue weighted by atomic mass is 9.99. The largest absolute Gasteiger partial charge is 0.468 e. The Bertz CT molecular complexity index is 738. The fourth-order valence-corrected chi connectivity index (χ4v) is 2.52. The first-order valence-electron chi connectivity index (χ1n) is 7.75. The molecule has 0 radical (unpaired) electrons. The molecule has 2 aromatic rings. The summed E-state index contributed by atoms with van der Waals surface area (Å²) in [5, 5.41) is 9.55. The molecule has 1 aromatic carbocycles. The second kappa shape index (κ2) is 6.82. The third kappa shape index (κ3) is 3.61. The number of hydrogen-bond donors (Lipinski definition) is 2. The first-order valence-corrected chi connectivity index (χ1v) is 7.75. The molecule has 126 valence electrons. The van der Waals surface area contributed by atoms with E-state index in [1.807, 2.05) is 0 Å². The predicted octanol–water partition coefficient (Wildman–Crippen LogP) is 2.11. The van der Waals surface area contributed by atoms with Crippen LogP contribution in [0.5, 0.6) is 0 Å². The van der Waals surface area contributed by atoms with Crippen LogP contribution in [0.3, 0.4) is 0 Å². The predicted molar refractivity (Wildman–Crippen MR) is 84.1 cm³/mol. The van der Waals surface area contributed by atoms with Crippen molar-refractivity contribution in [2.75, 3.05) is 13.7 Å². The number of esters is 1. The number of aromatic amines is 1. The van der Waals surface area contributed by atoms with E-state index in [9.17, 15) is 14.0 Å². The maximum absolute atomic E-state index is 13.0. The second-order valence-electron chi connectivity index (χ2n) is 5.82. The van der Waals surface area contributed by atoms with Gasteiger partial charge in [-0.15, -0.1) is 0 Å². The Labute approximate surface area is 138 Å². The van der Waals surface area contributed by atoms with Crippen molar-refractivity contribution in [3.8, 4) is 0 Å². The number of nitrogens with one attached hydrogen (secondary N) is 2. The Morgan fingerprint density at radius 2 is 2.08 bits per heavy atom. The van der Waals surface area contributed by atoms with Gasteiger partial charge >= 0.3 is 5.97 Å². The maximum atomic E-state index is 13.0. The van der Waals surface area contributed by atoms with Gasteiger partial charge in [0.1, 0.15) is 11.5 Å². The average Bonchev–Trinajstić information content (AvgIpc) is 3.33. The topological polar surface area (TPSA) is 84.1 Å². The van der Waals surface area contributed by atoms with Gasteiger partial charge in [-0.3, -0.25) is 14.7 Å². The number of hydrogen-bond acceptors (Lipinski definition) is 4. The van der Waals surface area contributed by atoms with E-state index < -0.39 is 17.7 Å².